The number of hydrogen-bond donors (Lipinski definition) is 1. The number of ether oxygens (including phenoxy) is 2. The molecular weight excluding hydrogens is 382 g/mol. The van der Waals surface area contributed by atoms with Gasteiger partial charge in [-0.3, -0.25) is 9.59 Å². The van der Waals surface area contributed by atoms with Crippen LogP contribution in [0.1, 0.15) is 25.0 Å². The summed E-state index contributed by atoms with van der Waals surface area (Å²) < 4.78 is 10.8. The van der Waals surface area contributed by atoms with Crippen molar-refractivity contribution in [2.45, 2.75) is 19.4 Å². The maximum atomic E-state index is 12.7. The van der Waals surface area contributed by atoms with Gasteiger partial charge in [-0.05, 0) is 49.4 Å². The molecule has 8 heteroatoms. The van der Waals surface area contributed by atoms with Gasteiger partial charge in [-0.2, -0.15) is 10.5 Å². The lowest BCUT2D eigenvalue weighted by molar-refractivity contribution is -0.165. The second-order valence-corrected chi connectivity index (χ2v) is 6.42. The topological polar surface area (TPSA) is 112 Å². The minimum Gasteiger partial charge on any atom is -0.489 e. The Balaban J connectivity index is 2.16. The molecule has 2 aromatic carbocycles. The van der Waals surface area contributed by atoms with Crippen LogP contribution in [0.25, 0.3) is 0 Å². The molecule has 0 spiro atoms. The number of nitriles is 2. The highest BCUT2D eigenvalue weighted by Crippen LogP contribution is 2.23. The normalized spacial score (nSPS) is 12.0. The average molecular weight is 398 g/mol. The molecule has 2 rings (SSSR count). The summed E-state index contributed by atoms with van der Waals surface area (Å²) in [4.78, 5) is 24.2. The highest BCUT2D eigenvalue weighted by atomic mass is 35.5. The summed E-state index contributed by atoms with van der Waals surface area (Å²) in [5.74, 6) is -0.873. The van der Waals surface area contributed by atoms with Crippen LogP contribution in [0.4, 0.5) is 5.69 Å². The SMILES string of the molecule is CC(=O)OC(C)(COc1ccc(C#N)cc1)C(=O)Nc1ccc(C#N)c(Cl)c1. The van der Waals surface area contributed by atoms with Crippen molar-refractivity contribution in [3.05, 3.63) is 58.6 Å². The van der Waals surface area contributed by atoms with Gasteiger partial charge in [0.2, 0.25) is 5.60 Å². The van der Waals surface area contributed by atoms with Gasteiger partial charge in [0, 0.05) is 12.6 Å². The highest BCUT2D eigenvalue weighted by molar-refractivity contribution is 6.32. The van der Waals surface area contributed by atoms with Crippen molar-refractivity contribution in [2.24, 2.45) is 0 Å². The zero-order valence-electron chi connectivity index (χ0n) is 15.2. The van der Waals surface area contributed by atoms with Gasteiger partial charge in [0.05, 0.1) is 22.2 Å². The Kier molecular flexibility index (Phi) is 6.59. The maximum absolute atomic E-state index is 12.7. The first-order valence-corrected chi connectivity index (χ1v) is 8.49. The fraction of sp³-hybridized carbons (Fsp3) is 0.200. The van der Waals surface area contributed by atoms with E-state index >= 15 is 0 Å². The van der Waals surface area contributed by atoms with Gasteiger partial charge in [-0.25, -0.2) is 0 Å². The summed E-state index contributed by atoms with van der Waals surface area (Å²) in [5, 5.41) is 20.5. The molecule has 0 aliphatic heterocycles. The van der Waals surface area contributed by atoms with Crippen molar-refractivity contribution >= 4 is 29.2 Å². The molecule has 142 valence electrons. The number of nitrogens with one attached hydrogen (secondary N) is 1. The van der Waals surface area contributed by atoms with Gasteiger partial charge >= 0.3 is 5.97 Å². The fourth-order valence-electron chi connectivity index (χ4n) is 2.25. The van der Waals surface area contributed by atoms with Gasteiger partial charge < -0.3 is 14.8 Å². The number of carbonyl (C=O) groups excluding carboxylic acids is 2. The monoisotopic (exact) mass is 397 g/mol. The summed E-state index contributed by atoms with van der Waals surface area (Å²) in [6.07, 6.45) is 0. The molecule has 0 aromatic heterocycles. The Morgan fingerprint density at radius 2 is 1.82 bits per heavy atom. The van der Waals surface area contributed by atoms with Crippen LogP contribution < -0.4 is 10.1 Å². The lowest BCUT2D eigenvalue weighted by Gasteiger charge is -2.27. The summed E-state index contributed by atoms with van der Waals surface area (Å²) in [6.45, 7) is 2.35. The molecular formula is C20H16ClN3O4. The minimum absolute atomic E-state index is 0.184. The van der Waals surface area contributed by atoms with Crippen LogP contribution in [0, 0.1) is 22.7 Å². The lowest BCUT2D eigenvalue weighted by atomic mass is 10.1. The van der Waals surface area contributed by atoms with Crippen molar-refractivity contribution in [2.75, 3.05) is 11.9 Å². The Morgan fingerprint density at radius 3 is 2.36 bits per heavy atom. The van der Waals surface area contributed by atoms with Crippen LogP contribution in [0.3, 0.4) is 0 Å². The molecule has 2 aromatic rings. The average Bonchev–Trinajstić information content (AvgIpc) is 2.66. The number of esters is 1. The summed E-state index contributed by atoms with van der Waals surface area (Å²) in [5.41, 5.74) is -0.553. The van der Waals surface area contributed by atoms with Crippen molar-refractivity contribution in [1.29, 1.82) is 10.5 Å². The number of rotatable bonds is 6. The van der Waals surface area contributed by atoms with Crippen LogP contribution in [-0.2, 0) is 14.3 Å². The highest BCUT2D eigenvalue weighted by Gasteiger charge is 2.38. The zero-order chi connectivity index (χ0) is 20.7. The van der Waals surface area contributed by atoms with Crippen molar-refractivity contribution in [1.82, 2.24) is 0 Å². The van der Waals surface area contributed by atoms with E-state index in [0.717, 1.165) is 0 Å². The molecule has 0 aliphatic carbocycles. The van der Waals surface area contributed by atoms with Gasteiger partial charge in [-0.1, -0.05) is 11.6 Å². The number of carbonyl (C=O) groups is 2. The van der Waals surface area contributed by atoms with Gasteiger partial charge in [0.25, 0.3) is 5.91 Å². The van der Waals surface area contributed by atoms with Gasteiger partial charge in [0.1, 0.15) is 18.4 Å². The van der Waals surface area contributed by atoms with E-state index in [1.54, 1.807) is 24.3 Å². The molecule has 0 saturated heterocycles. The van der Waals surface area contributed by atoms with Crippen LogP contribution >= 0.6 is 11.6 Å². The summed E-state index contributed by atoms with van der Waals surface area (Å²) >= 11 is 5.97. The lowest BCUT2D eigenvalue weighted by Crippen LogP contribution is -2.48. The van der Waals surface area contributed by atoms with Crippen molar-refractivity contribution in [3.8, 4) is 17.9 Å². The van der Waals surface area contributed by atoms with E-state index in [-0.39, 0.29) is 17.2 Å². The van der Waals surface area contributed by atoms with E-state index in [9.17, 15) is 9.59 Å². The fourth-order valence-corrected chi connectivity index (χ4v) is 2.47. The summed E-state index contributed by atoms with van der Waals surface area (Å²) in [6, 6.07) is 14.6. The number of amides is 1. The van der Waals surface area contributed by atoms with Crippen LogP contribution in [0.2, 0.25) is 5.02 Å². The largest absolute Gasteiger partial charge is 0.489 e. The van der Waals surface area contributed by atoms with E-state index in [1.807, 2.05) is 12.1 Å². The molecule has 0 bridgehead atoms. The predicted octanol–water partition coefficient (Wildman–Crippen LogP) is 3.42. The Labute approximate surface area is 167 Å². The molecule has 1 unspecified atom stereocenters. The quantitative estimate of drug-likeness (QED) is 0.747. The third kappa shape index (κ3) is 5.23. The molecule has 28 heavy (non-hydrogen) atoms. The Morgan fingerprint density at radius 1 is 1.14 bits per heavy atom. The molecule has 1 amide bonds. The van der Waals surface area contributed by atoms with Crippen molar-refractivity contribution < 1.29 is 19.1 Å². The number of nitrogens with zero attached hydrogens (tertiary/aromatic N) is 2. The molecule has 0 fully saturated rings. The predicted molar refractivity (Wildman–Crippen MR) is 102 cm³/mol. The Bertz CT molecular complexity index is 976. The van der Waals surface area contributed by atoms with E-state index in [1.165, 1.54) is 32.0 Å². The molecule has 0 heterocycles. The number of halogens is 1. The molecule has 0 radical (unpaired) electrons. The molecule has 0 aliphatic rings. The standard InChI is InChI=1S/C20H16ClN3O4/c1-13(25)28-20(2,12-27-17-7-3-14(10-22)4-8-17)19(26)24-16-6-5-15(11-23)18(21)9-16/h3-9H,12H2,1-2H3,(H,24,26). The van der Waals surface area contributed by atoms with Crippen molar-refractivity contribution in [3.63, 3.8) is 0 Å². The first kappa shape index (κ1) is 20.8. The minimum atomic E-state index is -1.62. The molecule has 7 nitrogen and oxygen atoms in total. The maximum Gasteiger partial charge on any atom is 0.303 e. The number of hydrogen-bond acceptors (Lipinski definition) is 6. The zero-order valence-corrected chi connectivity index (χ0v) is 15.9. The Hall–Kier alpha value is -3.55. The number of anilines is 1. The second-order valence-electron chi connectivity index (χ2n) is 6.01. The third-order valence-electron chi connectivity index (χ3n) is 3.69. The smallest absolute Gasteiger partial charge is 0.303 e. The van der Waals surface area contributed by atoms with Crippen LogP contribution in [0.15, 0.2) is 42.5 Å². The van der Waals surface area contributed by atoms with Crippen LogP contribution in [-0.4, -0.2) is 24.1 Å². The van der Waals surface area contributed by atoms with E-state index < -0.39 is 17.5 Å². The van der Waals surface area contributed by atoms with Crippen LogP contribution in [0.5, 0.6) is 5.75 Å². The second kappa shape index (κ2) is 8.90. The van der Waals surface area contributed by atoms with E-state index in [0.29, 0.717) is 17.0 Å². The third-order valence-corrected chi connectivity index (χ3v) is 4.01. The first-order valence-electron chi connectivity index (χ1n) is 8.11. The van der Waals surface area contributed by atoms with E-state index in [4.69, 9.17) is 31.6 Å². The summed E-state index contributed by atoms with van der Waals surface area (Å²) in [7, 11) is 0. The molecule has 0 saturated carbocycles. The number of benzene rings is 2. The van der Waals surface area contributed by atoms with Gasteiger partial charge in [-0.15, -0.1) is 0 Å². The van der Waals surface area contributed by atoms with Gasteiger partial charge in [0.15, 0.2) is 0 Å². The molecule has 1 atom stereocenters. The first-order chi connectivity index (χ1) is 13.3. The molecule has 1 N–H and O–H groups in total. The van der Waals surface area contributed by atoms with E-state index in [2.05, 4.69) is 5.32 Å².